The summed E-state index contributed by atoms with van der Waals surface area (Å²) in [5.41, 5.74) is 5.09. The van der Waals surface area contributed by atoms with Crippen molar-refractivity contribution in [1.29, 1.82) is 0 Å². The van der Waals surface area contributed by atoms with Crippen molar-refractivity contribution in [3.05, 3.63) is 23.4 Å². The van der Waals surface area contributed by atoms with Crippen LogP contribution < -0.4 is 5.48 Å². The van der Waals surface area contributed by atoms with E-state index in [1.54, 1.807) is 6.08 Å². The number of carboxylic acid groups (broad SMARTS) is 1. The lowest BCUT2D eigenvalue weighted by molar-refractivity contribution is -0.137. The van der Waals surface area contributed by atoms with Gasteiger partial charge in [0.15, 0.2) is 0 Å². The lowest BCUT2D eigenvalue weighted by Crippen LogP contribution is -2.32. The van der Waals surface area contributed by atoms with Gasteiger partial charge in [0.25, 0.3) is 0 Å². The Hall–Kier alpha value is -1.37. The van der Waals surface area contributed by atoms with E-state index in [0.717, 1.165) is 31.4 Å². The van der Waals surface area contributed by atoms with E-state index in [9.17, 15) is 15.0 Å². The standard InChI is InChI=1S/C17H27NO5/c1-2-4-12(19)7-6-11-9-13-14(17(11)22)10-15(13)18-23-8-3-5-16(20)21/h6-7,11-12,14,17-19,22H,2-5,8-10H2,1H3,(H,20,21)/t11?,12?,14-,17?/m1/s1. The van der Waals surface area contributed by atoms with Crippen LogP contribution in [0, 0.1) is 11.8 Å². The summed E-state index contributed by atoms with van der Waals surface area (Å²) in [6.07, 6.45) is 6.67. The number of aliphatic carboxylic acids is 1. The smallest absolute Gasteiger partial charge is 0.303 e. The topological polar surface area (TPSA) is 99.0 Å². The first kappa shape index (κ1) is 18.0. The van der Waals surface area contributed by atoms with Crippen LogP contribution in [0.15, 0.2) is 23.4 Å². The second-order valence-electron chi connectivity index (χ2n) is 6.36. The fourth-order valence-corrected chi connectivity index (χ4v) is 3.23. The maximum atomic E-state index is 10.4. The Bertz CT molecular complexity index is 474. The molecule has 2 aliphatic rings. The zero-order valence-electron chi connectivity index (χ0n) is 13.6. The molecule has 3 unspecified atom stereocenters. The number of hydrogen-bond donors (Lipinski definition) is 4. The molecule has 0 aliphatic heterocycles. The number of aliphatic hydroxyl groups excluding tert-OH is 2. The Morgan fingerprint density at radius 3 is 2.96 bits per heavy atom. The minimum absolute atomic E-state index is 0.0489. The molecule has 4 atom stereocenters. The SMILES string of the molecule is CCCC(O)C=CC1CC2=C(NOCCCC(=O)O)C[C@H]2C1O. The maximum absolute atomic E-state index is 10.4. The molecular formula is C17H27NO5. The summed E-state index contributed by atoms with van der Waals surface area (Å²) in [5.74, 6) is -0.593. The number of hydroxylamine groups is 1. The van der Waals surface area contributed by atoms with E-state index in [0.29, 0.717) is 13.0 Å². The van der Waals surface area contributed by atoms with Gasteiger partial charge in [-0.15, -0.1) is 0 Å². The largest absolute Gasteiger partial charge is 0.481 e. The van der Waals surface area contributed by atoms with E-state index in [4.69, 9.17) is 9.94 Å². The van der Waals surface area contributed by atoms with E-state index >= 15 is 0 Å². The first-order valence-corrected chi connectivity index (χ1v) is 8.38. The molecule has 0 amide bonds. The van der Waals surface area contributed by atoms with Crippen molar-refractivity contribution < 1.29 is 25.0 Å². The quantitative estimate of drug-likeness (QED) is 0.277. The molecule has 0 radical (unpaired) electrons. The first-order chi connectivity index (χ1) is 11.0. The summed E-state index contributed by atoms with van der Waals surface area (Å²) < 4.78 is 0. The van der Waals surface area contributed by atoms with Crippen LogP contribution in [0.5, 0.6) is 0 Å². The highest BCUT2D eigenvalue weighted by atomic mass is 16.6. The van der Waals surface area contributed by atoms with Crippen LogP contribution >= 0.6 is 0 Å². The Balaban J connectivity index is 1.77. The van der Waals surface area contributed by atoms with E-state index in [1.165, 1.54) is 5.57 Å². The highest BCUT2D eigenvalue weighted by Gasteiger charge is 2.44. The monoisotopic (exact) mass is 325 g/mol. The van der Waals surface area contributed by atoms with Gasteiger partial charge in [-0.2, -0.15) is 0 Å². The summed E-state index contributed by atoms with van der Waals surface area (Å²) in [4.78, 5) is 15.7. The molecule has 23 heavy (non-hydrogen) atoms. The van der Waals surface area contributed by atoms with Crippen LogP contribution in [0.25, 0.3) is 0 Å². The van der Waals surface area contributed by atoms with Gasteiger partial charge in [-0.1, -0.05) is 25.5 Å². The Morgan fingerprint density at radius 1 is 1.48 bits per heavy atom. The molecule has 0 aromatic carbocycles. The molecule has 2 aliphatic carbocycles. The van der Waals surface area contributed by atoms with Gasteiger partial charge in [-0.3, -0.25) is 15.1 Å². The number of fused-ring (bicyclic) bond motifs is 1. The molecule has 4 N–H and O–H groups in total. The third-order valence-corrected chi connectivity index (χ3v) is 4.56. The predicted octanol–water partition coefficient (Wildman–Crippen LogP) is 1.74. The van der Waals surface area contributed by atoms with E-state index in [-0.39, 0.29) is 18.3 Å². The second kappa shape index (κ2) is 8.47. The third-order valence-electron chi connectivity index (χ3n) is 4.56. The lowest BCUT2D eigenvalue weighted by atomic mass is 9.83. The van der Waals surface area contributed by atoms with Crippen LogP contribution in [0.2, 0.25) is 0 Å². The van der Waals surface area contributed by atoms with Crippen molar-refractivity contribution in [2.24, 2.45) is 11.8 Å². The van der Waals surface area contributed by atoms with Crippen LogP contribution in [0.1, 0.15) is 45.4 Å². The molecule has 0 spiro atoms. The zero-order valence-corrected chi connectivity index (χ0v) is 13.6. The molecular weight excluding hydrogens is 298 g/mol. The Morgan fingerprint density at radius 2 is 2.26 bits per heavy atom. The highest BCUT2D eigenvalue weighted by Crippen LogP contribution is 2.48. The van der Waals surface area contributed by atoms with Crippen LogP contribution in [0.3, 0.4) is 0 Å². The van der Waals surface area contributed by atoms with E-state index < -0.39 is 18.2 Å². The minimum atomic E-state index is -0.821. The van der Waals surface area contributed by atoms with Gasteiger partial charge >= 0.3 is 5.97 Å². The van der Waals surface area contributed by atoms with Gasteiger partial charge in [0.2, 0.25) is 0 Å². The molecule has 1 saturated carbocycles. The van der Waals surface area contributed by atoms with E-state index in [2.05, 4.69) is 5.48 Å². The number of hydrogen-bond acceptors (Lipinski definition) is 5. The number of rotatable bonds is 10. The van der Waals surface area contributed by atoms with Gasteiger partial charge in [0.05, 0.1) is 18.8 Å². The van der Waals surface area contributed by atoms with Gasteiger partial charge in [-0.25, -0.2) is 0 Å². The van der Waals surface area contributed by atoms with Gasteiger partial charge in [-0.05, 0) is 31.3 Å². The maximum Gasteiger partial charge on any atom is 0.303 e. The molecule has 130 valence electrons. The highest BCUT2D eigenvalue weighted by molar-refractivity contribution is 5.66. The Kier molecular flexibility index (Phi) is 6.62. The summed E-state index contributed by atoms with van der Waals surface area (Å²) >= 11 is 0. The molecule has 6 nitrogen and oxygen atoms in total. The summed E-state index contributed by atoms with van der Waals surface area (Å²) in [6, 6.07) is 0. The van der Waals surface area contributed by atoms with Gasteiger partial charge in [0, 0.05) is 24.0 Å². The van der Waals surface area contributed by atoms with Gasteiger partial charge < -0.3 is 15.3 Å². The van der Waals surface area contributed by atoms with Crippen molar-refractivity contribution in [3.63, 3.8) is 0 Å². The molecule has 1 fully saturated rings. The second-order valence-corrected chi connectivity index (χ2v) is 6.36. The fraction of sp³-hybridized carbons (Fsp3) is 0.706. The van der Waals surface area contributed by atoms with Crippen LogP contribution in [-0.2, 0) is 9.63 Å². The third kappa shape index (κ3) is 4.80. The molecule has 0 aromatic rings. The number of allylic oxidation sites excluding steroid dienone is 1. The normalized spacial score (nSPS) is 27.9. The van der Waals surface area contributed by atoms with Crippen molar-refractivity contribution in [2.75, 3.05) is 6.61 Å². The van der Waals surface area contributed by atoms with E-state index in [1.807, 2.05) is 13.0 Å². The number of carbonyl (C=O) groups is 1. The molecule has 0 aromatic heterocycles. The zero-order chi connectivity index (χ0) is 16.8. The lowest BCUT2D eigenvalue weighted by Gasteiger charge is -2.30. The van der Waals surface area contributed by atoms with Gasteiger partial charge in [0.1, 0.15) is 0 Å². The molecule has 6 heteroatoms. The summed E-state index contributed by atoms with van der Waals surface area (Å²) in [7, 11) is 0. The van der Waals surface area contributed by atoms with Crippen molar-refractivity contribution in [2.45, 2.75) is 57.7 Å². The van der Waals surface area contributed by atoms with Crippen LogP contribution in [-0.4, -0.2) is 40.1 Å². The van der Waals surface area contributed by atoms with Crippen molar-refractivity contribution in [1.82, 2.24) is 5.48 Å². The average molecular weight is 325 g/mol. The minimum Gasteiger partial charge on any atom is -0.481 e. The Labute approximate surface area is 136 Å². The summed E-state index contributed by atoms with van der Waals surface area (Å²) in [6.45, 7) is 2.38. The molecule has 2 rings (SSSR count). The van der Waals surface area contributed by atoms with Crippen molar-refractivity contribution >= 4 is 5.97 Å². The predicted molar refractivity (Wildman–Crippen MR) is 85.3 cm³/mol. The van der Waals surface area contributed by atoms with Crippen molar-refractivity contribution in [3.8, 4) is 0 Å². The summed E-state index contributed by atoms with van der Waals surface area (Å²) in [5, 5.41) is 28.6. The molecule has 0 heterocycles. The average Bonchev–Trinajstić information content (AvgIpc) is 2.72. The van der Waals surface area contributed by atoms with Crippen LogP contribution in [0.4, 0.5) is 0 Å². The molecule has 0 bridgehead atoms. The number of carboxylic acids is 1. The number of nitrogens with one attached hydrogen (secondary N) is 1. The first-order valence-electron chi connectivity index (χ1n) is 8.38. The molecule has 0 saturated heterocycles. The number of aliphatic hydroxyl groups is 2. The fourth-order valence-electron chi connectivity index (χ4n) is 3.23.